The van der Waals surface area contributed by atoms with Crippen LogP contribution < -0.4 is 5.73 Å². The summed E-state index contributed by atoms with van der Waals surface area (Å²) in [7, 11) is 0. The van der Waals surface area contributed by atoms with Gasteiger partial charge in [-0.25, -0.2) is 0 Å². The summed E-state index contributed by atoms with van der Waals surface area (Å²) in [4.78, 5) is 2.47. The molecule has 0 unspecified atom stereocenters. The number of nitrogens with two attached hydrogens (primary N) is 1. The first-order valence-electron chi connectivity index (χ1n) is 5.29. The molecule has 13 heavy (non-hydrogen) atoms. The van der Waals surface area contributed by atoms with Gasteiger partial charge in [-0.1, -0.05) is 13.0 Å². The van der Waals surface area contributed by atoms with E-state index in [-0.39, 0.29) is 0 Å². The Labute approximate surface area is 81.8 Å². The van der Waals surface area contributed by atoms with Crippen LogP contribution in [0.25, 0.3) is 0 Å². The zero-order valence-electron chi connectivity index (χ0n) is 8.76. The van der Waals surface area contributed by atoms with Crippen LogP contribution in [0.3, 0.4) is 0 Å². The summed E-state index contributed by atoms with van der Waals surface area (Å²) in [6.07, 6.45) is 5.85. The molecule has 0 spiro atoms. The Hall–Kier alpha value is -0.340. The lowest BCUT2D eigenvalue weighted by molar-refractivity contribution is 0.243. The van der Waals surface area contributed by atoms with Crippen LogP contribution in [0.15, 0.2) is 12.7 Å². The molecule has 1 aliphatic carbocycles. The van der Waals surface area contributed by atoms with E-state index >= 15 is 0 Å². The van der Waals surface area contributed by atoms with Gasteiger partial charge in [0.2, 0.25) is 0 Å². The molecule has 76 valence electrons. The summed E-state index contributed by atoms with van der Waals surface area (Å²) in [6.45, 7) is 10.2. The maximum Gasteiger partial charge on any atom is 0.0160 e. The van der Waals surface area contributed by atoms with Crippen molar-refractivity contribution in [1.29, 1.82) is 0 Å². The lowest BCUT2D eigenvalue weighted by Gasteiger charge is -2.25. The molecule has 2 nitrogen and oxygen atoms in total. The lowest BCUT2D eigenvalue weighted by Crippen LogP contribution is -2.34. The van der Waals surface area contributed by atoms with Crippen molar-refractivity contribution in [2.24, 2.45) is 11.1 Å². The van der Waals surface area contributed by atoms with Crippen molar-refractivity contribution in [3.63, 3.8) is 0 Å². The van der Waals surface area contributed by atoms with Gasteiger partial charge in [0.1, 0.15) is 0 Å². The van der Waals surface area contributed by atoms with E-state index < -0.39 is 0 Å². The van der Waals surface area contributed by atoms with Crippen LogP contribution in [-0.2, 0) is 0 Å². The summed E-state index contributed by atoms with van der Waals surface area (Å²) >= 11 is 0. The van der Waals surface area contributed by atoms with E-state index in [2.05, 4.69) is 18.4 Å². The van der Waals surface area contributed by atoms with Crippen molar-refractivity contribution in [2.75, 3.05) is 26.2 Å². The topological polar surface area (TPSA) is 29.3 Å². The van der Waals surface area contributed by atoms with Crippen LogP contribution >= 0.6 is 0 Å². The molecule has 0 aromatic heterocycles. The van der Waals surface area contributed by atoms with Crippen molar-refractivity contribution in [3.05, 3.63) is 12.7 Å². The fourth-order valence-corrected chi connectivity index (χ4v) is 1.81. The molecule has 0 aliphatic heterocycles. The minimum atomic E-state index is 0.470. The number of hydrogen-bond acceptors (Lipinski definition) is 2. The van der Waals surface area contributed by atoms with E-state index in [0.29, 0.717) is 5.41 Å². The Kier molecular flexibility index (Phi) is 3.94. The molecule has 0 radical (unpaired) electrons. The Morgan fingerprint density at radius 2 is 2.23 bits per heavy atom. The first-order valence-corrected chi connectivity index (χ1v) is 5.29. The monoisotopic (exact) mass is 182 g/mol. The Morgan fingerprint density at radius 1 is 1.54 bits per heavy atom. The maximum absolute atomic E-state index is 5.76. The second kappa shape index (κ2) is 4.77. The minimum absolute atomic E-state index is 0.470. The molecule has 0 aromatic rings. The third kappa shape index (κ3) is 3.12. The van der Waals surface area contributed by atoms with Gasteiger partial charge in [-0.3, -0.25) is 4.90 Å². The van der Waals surface area contributed by atoms with Gasteiger partial charge in [0.15, 0.2) is 0 Å². The third-order valence-electron chi connectivity index (χ3n) is 2.88. The van der Waals surface area contributed by atoms with E-state index in [1.165, 1.54) is 32.4 Å². The van der Waals surface area contributed by atoms with Gasteiger partial charge in [-0.2, -0.15) is 0 Å². The minimum Gasteiger partial charge on any atom is -0.330 e. The normalized spacial score (nSPS) is 19.0. The van der Waals surface area contributed by atoms with Crippen LogP contribution in [0.2, 0.25) is 0 Å². The van der Waals surface area contributed by atoms with Crippen LogP contribution in [0.4, 0.5) is 0 Å². The van der Waals surface area contributed by atoms with Gasteiger partial charge < -0.3 is 5.73 Å². The van der Waals surface area contributed by atoms with Gasteiger partial charge >= 0.3 is 0 Å². The summed E-state index contributed by atoms with van der Waals surface area (Å²) in [5.74, 6) is 0. The molecule has 0 atom stereocenters. The van der Waals surface area contributed by atoms with Crippen LogP contribution in [0.5, 0.6) is 0 Å². The molecule has 2 N–H and O–H groups in total. The molecule has 1 saturated carbocycles. The van der Waals surface area contributed by atoms with E-state index in [1.54, 1.807) is 0 Å². The third-order valence-corrected chi connectivity index (χ3v) is 2.88. The highest BCUT2D eigenvalue weighted by atomic mass is 15.1. The van der Waals surface area contributed by atoms with E-state index in [0.717, 1.165) is 13.1 Å². The molecule has 0 bridgehead atoms. The smallest absolute Gasteiger partial charge is 0.0160 e. The first-order chi connectivity index (χ1) is 6.26. The standard InChI is InChI=1S/C11H22N2/c1-3-7-13(8-4-2)10-11(9-12)5-6-11/h3H,1,4-10,12H2,2H3. The summed E-state index contributed by atoms with van der Waals surface area (Å²) in [5.41, 5.74) is 6.23. The molecular weight excluding hydrogens is 160 g/mol. The Bertz CT molecular complexity index is 161. The zero-order chi connectivity index (χ0) is 9.73. The van der Waals surface area contributed by atoms with E-state index in [4.69, 9.17) is 5.73 Å². The fraction of sp³-hybridized carbons (Fsp3) is 0.818. The summed E-state index contributed by atoms with van der Waals surface area (Å²) in [5, 5.41) is 0. The zero-order valence-corrected chi connectivity index (χ0v) is 8.76. The highest BCUT2D eigenvalue weighted by Gasteiger charge is 2.41. The fourth-order valence-electron chi connectivity index (χ4n) is 1.81. The lowest BCUT2D eigenvalue weighted by atomic mass is 10.1. The van der Waals surface area contributed by atoms with Crippen molar-refractivity contribution >= 4 is 0 Å². The van der Waals surface area contributed by atoms with Crippen molar-refractivity contribution in [3.8, 4) is 0 Å². The quantitative estimate of drug-likeness (QED) is 0.606. The highest BCUT2D eigenvalue weighted by Crippen LogP contribution is 2.45. The summed E-state index contributed by atoms with van der Waals surface area (Å²) in [6, 6.07) is 0. The highest BCUT2D eigenvalue weighted by molar-refractivity contribution is 4.96. The molecule has 2 heteroatoms. The average molecular weight is 182 g/mol. The SMILES string of the molecule is C=CCN(CCC)CC1(CN)CC1. The molecule has 1 rings (SSSR count). The Morgan fingerprint density at radius 3 is 2.62 bits per heavy atom. The van der Waals surface area contributed by atoms with Gasteiger partial charge in [0.25, 0.3) is 0 Å². The largest absolute Gasteiger partial charge is 0.330 e. The van der Waals surface area contributed by atoms with Gasteiger partial charge in [-0.05, 0) is 37.8 Å². The molecule has 1 aliphatic rings. The number of nitrogens with zero attached hydrogens (tertiary/aromatic N) is 1. The molecule has 1 fully saturated rings. The van der Waals surface area contributed by atoms with Crippen LogP contribution in [-0.4, -0.2) is 31.1 Å². The summed E-state index contributed by atoms with van der Waals surface area (Å²) < 4.78 is 0. The first kappa shape index (κ1) is 10.7. The van der Waals surface area contributed by atoms with Crippen LogP contribution in [0.1, 0.15) is 26.2 Å². The van der Waals surface area contributed by atoms with Gasteiger partial charge in [-0.15, -0.1) is 6.58 Å². The number of rotatable bonds is 7. The molecule has 0 aromatic carbocycles. The number of hydrogen-bond donors (Lipinski definition) is 1. The predicted molar refractivity (Wildman–Crippen MR) is 57.6 cm³/mol. The average Bonchev–Trinajstić information content (AvgIpc) is 2.87. The van der Waals surface area contributed by atoms with Crippen molar-refractivity contribution < 1.29 is 0 Å². The van der Waals surface area contributed by atoms with Crippen molar-refractivity contribution in [1.82, 2.24) is 4.90 Å². The van der Waals surface area contributed by atoms with E-state index in [9.17, 15) is 0 Å². The van der Waals surface area contributed by atoms with Gasteiger partial charge in [0.05, 0.1) is 0 Å². The predicted octanol–water partition coefficient (Wildman–Crippen LogP) is 1.62. The second-order valence-electron chi connectivity index (χ2n) is 4.23. The second-order valence-corrected chi connectivity index (χ2v) is 4.23. The van der Waals surface area contributed by atoms with Crippen LogP contribution in [0, 0.1) is 5.41 Å². The Balaban J connectivity index is 2.32. The molecule has 0 heterocycles. The molecule has 0 saturated heterocycles. The molecule has 0 amide bonds. The van der Waals surface area contributed by atoms with E-state index in [1.807, 2.05) is 6.08 Å². The maximum atomic E-state index is 5.76. The van der Waals surface area contributed by atoms with Gasteiger partial charge in [0, 0.05) is 13.1 Å². The molecular formula is C11H22N2. The van der Waals surface area contributed by atoms with Crippen molar-refractivity contribution in [2.45, 2.75) is 26.2 Å².